The Balaban J connectivity index is 1.34. The van der Waals surface area contributed by atoms with E-state index in [4.69, 9.17) is 4.74 Å². The van der Waals surface area contributed by atoms with Crippen LogP contribution in [0.5, 0.6) is 5.75 Å². The maximum Gasteiger partial charge on any atom is 0.263 e. The standard InChI is InChI=1S/C24H26N4O3S/c1-17-7-9-19(10-8-17)31-14-23(30)26-24-20-15-32-16-21(20)27-28(24)13-22(29)25-12-11-18-5-3-2-4-6-18/h2-10H,11-16H2,1H3,(H,25,29)(H,26,30). The summed E-state index contributed by atoms with van der Waals surface area (Å²) < 4.78 is 7.17. The number of nitrogens with zero attached hydrogens (tertiary/aromatic N) is 2. The summed E-state index contributed by atoms with van der Waals surface area (Å²) in [5.41, 5.74) is 4.20. The molecule has 2 heterocycles. The molecule has 7 nitrogen and oxygen atoms in total. The maximum atomic E-state index is 12.5. The van der Waals surface area contributed by atoms with E-state index < -0.39 is 0 Å². The number of benzene rings is 2. The monoisotopic (exact) mass is 450 g/mol. The number of nitrogens with one attached hydrogen (secondary N) is 2. The van der Waals surface area contributed by atoms with Gasteiger partial charge in [0.1, 0.15) is 18.1 Å². The van der Waals surface area contributed by atoms with Crippen molar-refractivity contribution in [3.8, 4) is 5.75 Å². The van der Waals surface area contributed by atoms with E-state index in [0.717, 1.165) is 34.7 Å². The number of hydrogen-bond donors (Lipinski definition) is 2. The van der Waals surface area contributed by atoms with Crippen LogP contribution in [-0.2, 0) is 34.1 Å². The summed E-state index contributed by atoms with van der Waals surface area (Å²) in [4.78, 5) is 25.0. The molecule has 1 aromatic heterocycles. The quantitative estimate of drug-likeness (QED) is 0.522. The molecule has 0 unspecified atom stereocenters. The fourth-order valence-corrected chi connectivity index (χ4v) is 4.49. The predicted octanol–water partition coefficient (Wildman–Crippen LogP) is 3.31. The molecule has 3 aromatic rings. The molecule has 0 aliphatic carbocycles. The zero-order chi connectivity index (χ0) is 22.3. The SMILES string of the molecule is Cc1ccc(OCC(=O)Nc2c3c(nn2CC(=O)NCCc2ccccc2)CSC3)cc1. The van der Waals surface area contributed by atoms with E-state index in [9.17, 15) is 9.59 Å². The lowest BCUT2D eigenvalue weighted by atomic mass is 10.1. The Hall–Kier alpha value is -3.26. The van der Waals surface area contributed by atoms with Gasteiger partial charge >= 0.3 is 0 Å². The van der Waals surface area contributed by atoms with Gasteiger partial charge in [-0.3, -0.25) is 9.59 Å². The molecule has 8 heteroatoms. The zero-order valence-electron chi connectivity index (χ0n) is 18.0. The highest BCUT2D eigenvalue weighted by Crippen LogP contribution is 2.34. The van der Waals surface area contributed by atoms with Crippen LogP contribution in [0.4, 0.5) is 5.82 Å². The lowest BCUT2D eigenvalue weighted by Crippen LogP contribution is -2.31. The first kappa shape index (κ1) is 22.0. The Bertz CT molecular complexity index is 1080. The van der Waals surface area contributed by atoms with Crippen molar-refractivity contribution in [1.29, 1.82) is 0 Å². The Morgan fingerprint density at radius 2 is 1.84 bits per heavy atom. The van der Waals surface area contributed by atoms with Crippen molar-refractivity contribution in [2.24, 2.45) is 0 Å². The Labute approximate surface area is 191 Å². The first-order valence-corrected chi connectivity index (χ1v) is 11.7. The number of thioether (sulfide) groups is 1. The number of fused-ring (bicyclic) bond motifs is 1. The average Bonchev–Trinajstić information content (AvgIpc) is 3.37. The summed E-state index contributed by atoms with van der Waals surface area (Å²) >= 11 is 1.74. The predicted molar refractivity (Wildman–Crippen MR) is 126 cm³/mol. The highest BCUT2D eigenvalue weighted by molar-refractivity contribution is 7.98. The van der Waals surface area contributed by atoms with Crippen LogP contribution in [0.1, 0.15) is 22.4 Å². The van der Waals surface area contributed by atoms with Gasteiger partial charge in [-0.1, -0.05) is 48.0 Å². The molecule has 0 radical (unpaired) electrons. The molecule has 2 amide bonds. The molecular formula is C24H26N4O3S. The summed E-state index contributed by atoms with van der Waals surface area (Å²) in [6.07, 6.45) is 0.763. The first-order valence-electron chi connectivity index (χ1n) is 10.5. The minimum absolute atomic E-state index is 0.0564. The minimum atomic E-state index is -0.282. The van der Waals surface area contributed by atoms with Crippen LogP contribution in [0, 0.1) is 6.92 Å². The highest BCUT2D eigenvalue weighted by atomic mass is 32.2. The number of carbonyl (C=O) groups is 2. The van der Waals surface area contributed by atoms with Crippen LogP contribution in [0.3, 0.4) is 0 Å². The van der Waals surface area contributed by atoms with Crippen molar-refractivity contribution in [3.05, 3.63) is 77.0 Å². The third-order valence-corrected chi connectivity index (χ3v) is 6.11. The fraction of sp³-hybridized carbons (Fsp3) is 0.292. The normalized spacial score (nSPS) is 12.3. The van der Waals surface area contributed by atoms with E-state index in [-0.39, 0.29) is 25.0 Å². The lowest BCUT2D eigenvalue weighted by Gasteiger charge is -2.12. The molecule has 32 heavy (non-hydrogen) atoms. The molecule has 2 aromatic carbocycles. The molecule has 0 saturated carbocycles. The van der Waals surface area contributed by atoms with Gasteiger partial charge in [0.15, 0.2) is 6.61 Å². The number of carbonyl (C=O) groups excluding carboxylic acids is 2. The third kappa shape index (κ3) is 5.70. The van der Waals surface area contributed by atoms with E-state index in [2.05, 4.69) is 15.7 Å². The van der Waals surface area contributed by atoms with Crippen molar-refractivity contribution in [2.45, 2.75) is 31.4 Å². The van der Waals surface area contributed by atoms with Crippen molar-refractivity contribution in [2.75, 3.05) is 18.5 Å². The van der Waals surface area contributed by atoms with Gasteiger partial charge in [-0.25, -0.2) is 4.68 Å². The van der Waals surface area contributed by atoms with Crippen molar-refractivity contribution in [3.63, 3.8) is 0 Å². The number of anilines is 1. The van der Waals surface area contributed by atoms with Gasteiger partial charge in [-0.05, 0) is 31.0 Å². The second-order valence-corrected chi connectivity index (χ2v) is 8.65. The molecule has 0 fully saturated rings. The second-order valence-electron chi connectivity index (χ2n) is 7.66. The topological polar surface area (TPSA) is 85.2 Å². The molecule has 2 N–H and O–H groups in total. The van der Waals surface area contributed by atoms with Gasteiger partial charge in [0.25, 0.3) is 5.91 Å². The van der Waals surface area contributed by atoms with Crippen molar-refractivity contribution >= 4 is 29.4 Å². The highest BCUT2D eigenvalue weighted by Gasteiger charge is 2.25. The zero-order valence-corrected chi connectivity index (χ0v) is 18.8. The molecule has 0 saturated heterocycles. The number of aryl methyl sites for hydroxylation is 1. The van der Waals surface area contributed by atoms with Crippen molar-refractivity contribution in [1.82, 2.24) is 15.1 Å². The van der Waals surface area contributed by atoms with Gasteiger partial charge in [0.05, 0.1) is 5.69 Å². The van der Waals surface area contributed by atoms with Crippen LogP contribution in [0.2, 0.25) is 0 Å². The van der Waals surface area contributed by atoms with Gasteiger partial charge in [0, 0.05) is 23.6 Å². The first-order chi connectivity index (χ1) is 15.6. The molecule has 0 bridgehead atoms. The van der Waals surface area contributed by atoms with Crippen LogP contribution < -0.4 is 15.4 Å². The Kier molecular flexibility index (Phi) is 7.11. The van der Waals surface area contributed by atoms with E-state index >= 15 is 0 Å². The Morgan fingerprint density at radius 1 is 1.06 bits per heavy atom. The molecule has 4 rings (SSSR count). The number of rotatable bonds is 9. The lowest BCUT2D eigenvalue weighted by molar-refractivity contribution is -0.122. The van der Waals surface area contributed by atoms with Crippen LogP contribution >= 0.6 is 11.8 Å². The number of ether oxygens (including phenoxy) is 1. The molecular weight excluding hydrogens is 424 g/mol. The summed E-state index contributed by atoms with van der Waals surface area (Å²) in [5, 5.41) is 10.4. The van der Waals surface area contributed by atoms with Gasteiger partial charge in [0.2, 0.25) is 5.91 Å². The summed E-state index contributed by atoms with van der Waals surface area (Å²) in [5.74, 6) is 2.34. The summed E-state index contributed by atoms with van der Waals surface area (Å²) in [6.45, 7) is 2.49. The van der Waals surface area contributed by atoms with Crippen molar-refractivity contribution < 1.29 is 14.3 Å². The van der Waals surface area contributed by atoms with Gasteiger partial charge in [-0.15, -0.1) is 0 Å². The third-order valence-electron chi connectivity index (χ3n) is 5.14. The smallest absolute Gasteiger partial charge is 0.263 e. The van der Waals surface area contributed by atoms with Gasteiger partial charge in [-0.2, -0.15) is 16.9 Å². The van der Waals surface area contributed by atoms with E-state index in [1.165, 1.54) is 5.56 Å². The van der Waals surface area contributed by atoms with E-state index in [1.54, 1.807) is 16.4 Å². The Morgan fingerprint density at radius 3 is 2.62 bits per heavy atom. The fourth-order valence-electron chi connectivity index (χ4n) is 3.45. The minimum Gasteiger partial charge on any atom is -0.484 e. The molecule has 1 aliphatic rings. The van der Waals surface area contributed by atoms with E-state index in [0.29, 0.717) is 18.1 Å². The second kappa shape index (κ2) is 10.4. The number of hydrogen-bond acceptors (Lipinski definition) is 5. The average molecular weight is 451 g/mol. The van der Waals surface area contributed by atoms with Gasteiger partial charge < -0.3 is 15.4 Å². The summed E-state index contributed by atoms with van der Waals surface area (Å²) in [7, 11) is 0. The molecule has 1 aliphatic heterocycles. The molecule has 0 atom stereocenters. The largest absolute Gasteiger partial charge is 0.484 e. The number of aromatic nitrogens is 2. The maximum absolute atomic E-state index is 12.5. The molecule has 0 spiro atoms. The molecule has 166 valence electrons. The van der Waals surface area contributed by atoms with Crippen LogP contribution in [0.25, 0.3) is 0 Å². The van der Waals surface area contributed by atoms with Crippen LogP contribution in [-0.4, -0.2) is 34.7 Å². The number of amides is 2. The summed E-state index contributed by atoms with van der Waals surface area (Å²) in [6, 6.07) is 17.5. The van der Waals surface area contributed by atoms with Crippen LogP contribution in [0.15, 0.2) is 54.6 Å². The van der Waals surface area contributed by atoms with E-state index in [1.807, 2.05) is 61.5 Å².